The van der Waals surface area contributed by atoms with Gasteiger partial charge >= 0.3 is 12.0 Å². The highest BCUT2D eigenvalue weighted by atomic mass is 79.9. The maximum atomic E-state index is 12.0. The number of carboxylic acid groups (broad SMARTS) is 1. The van der Waals surface area contributed by atoms with Crippen LogP contribution in [0.4, 0.5) is 4.79 Å². The lowest BCUT2D eigenvalue weighted by Crippen LogP contribution is -2.55. The molecule has 2 heterocycles. The first-order valence-electron chi connectivity index (χ1n) is 5.66. The van der Waals surface area contributed by atoms with Gasteiger partial charge in [-0.05, 0) is 22.0 Å². The molecule has 0 radical (unpaired) electrons. The summed E-state index contributed by atoms with van der Waals surface area (Å²) in [4.78, 5) is 25.3. The van der Waals surface area contributed by atoms with Crippen LogP contribution in [-0.2, 0) is 16.1 Å². The molecule has 1 aliphatic rings. The van der Waals surface area contributed by atoms with E-state index >= 15 is 0 Å². The van der Waals surface area contributed by atoms with Gasteiger partial charge in [0, 0.05) is 21.3 Å². The number of nitrogens with one attached hydrogen (secondary N) is 1. The minimum atomic E-state index is -1.05. The molecule has 0 aromatic carbocycles. The second-order valence-corrected chi connectivity index (χ2v) is 5.92. The van der Waals surface area contributed by atoms with Crippen LogP contribution in [0.3, 0.4) is 0 Å². The number of halogens is 1. The van der Waals surface area contributed by atoms with E-state index < -0.39 is 12.0 Å². The summed E-state index contributed by atoms with van der Waals surface area (Å²) in [6, 6.07) is 0.628. The zero-order valence-electron chi connectivity index (χ0n) is 9.97. The van der Waals surface area contributed by atoms with Gasteiger partial charge in [0.15, 0.2) is 6.04 Å². The summed E-state index contributed by atoms with van der Waals surface area (Å²) in [7, 11) is 0. The van der Waals surface area contributed by atoms with E-state index in [0.29, 0.717) is 13.2 Å². The molecule has 2 amide bonds. The minimum Gasteiger partial charge on any atom is -0.480 e. The topological polar surface area (TPSA) is 78.9 Å². The normalized spacial score (nSPS) is 19.2. The zero-order valence-corrected chi connectivity index (χ0v) is 12.4. The van der Waals surface area contributed by atoms with Gasteiger partial charge < -0.3 is 20.1 Å². The second-order valence-electron chi connectivity index (χ2n) is 4.01. The van der Waals surface area contributed by atoms with Crippen molar-refractivity contribution in [3.05, 3.63) is 20.8 Å². The molecule has 1 fully saturated rings. The van der Waals surface area contributed by atoms with Gasteiger partial charge in [-0.15, -0.1) is 11.3 Å². The van der Waals surface area contributed by atoms with E-state index in [0.717, 1.165) is 9.35 Å². The maximum Gasteiger partial charge on any atom is 0.328 e. The first kappa shape index (κ1) is 14.3. The molecule has 19 heavy (non-hydrogen) atoms. The van der Waals surface area contributed by atoms with Gasteiger partial charge in [0.25, 0.3) is 0 Å². The summed E-state index contributed by atoms with van der Waals surface area (Å²) in [6.45, 7) is 1.07. The number of carbonyl (C=O) groups is 2. The number of thiophene rings is 1. The Kier molecular flexibility index (Phi) is 4.78. The van der Waals surface area contributed by atoms with Gasteiger partial charge in [-0.2, -0.15) is 0 Å². The number of urea groups is 1. The van der Waals surface area contributed by atoms with Crippen molar-refractivity contribution in [3.63, 3.8) is 0 Å². The van der Waals surface area contributed by atoms with E-state index in [1.165, 1.54) is 16.2 Å². The molecule has 1 aromatic rings. The smallest absolute Gasteiger partial charge is 0.328 e. The zero-order chi connectivity index (χ0) is 13.8. The molecule has 6 nitrogen and oxygen atoms in total. The molecule has 104 valence electrons. The summed E-state index contributed by atoms with van der Waals surface area (Å²) < 4.78 is 6.05. The third kappa shape index (κ3) is 3.68. The van der Waals surface area contributed by atoms with E-state index in [9.17, 15) is 9.59 Å². The average Bonchev–Trinajstić information content (AvgIpc) is 2.81. The van der Waals surface area contributed by atoms with E-state index in [-0.39, 0.29) is 19.2 Å². The molecule has 0 saturated carbocycles. The number of carboxylic acids is 1. The molecule has 1 aromatic heterocycles. The van der Waals surface area contributed by atoms with E-state index in [4.69, 9.17) is 9.84 Å². The van der Waals surface area contributed by atoms with Gasteiger partial charge in [-0.1, -0.05) is 0 Å². The summed E-state index contributed by atoms with van der Waals surface area (Å²) in [5.74, 6) is -1.05. The third-order valence-corrected chi connectivity index (χ3v) is 4.41. The molecule has 1 unspecified atom stereocenters. The lowest BCUT2D eigenvalue weighted by atomic mass is 10.2. The van der Waals surface area contributed by atoms with Crippen LogP contribution in [0.25, 0.3) is 0 Å². The Morgan fingerprint density at radius 2 is 2.42 bits per heavy atom. The summed E-state index contributed by atoms with van der Waals surface area (Å²) in [5.41, 5.74) is 0. The number of nitrogens with zero attached hydrogens (tertiary/aromatic N) is 1. The number of ether oxygens (including phenoxy) is 1. The molecule has 0 aliphatic carbocycles. The fraction of sp³-hybridized carbons (Fsp3) is 0.455. The van der Waals surface area contributed by atoms with Crippen molar-refractivity contribution in [1.82, 2.24) is 10.2 Å². The molecule has 0 bridgehead atoms. The molecule has 8 heteroatoms. The number of carbonyl (C=O) groups excluding carboxylic acids is 1. The highest BCUT2D eigenvalue weighted by Gasteiger charge is 2.32. The van der Waals surface area contributed by atoms with Gasteiger partial charge in [0.05, 0.1) is 19.8 Å². The van der Waals surface area contributed by atoms with Gasteiger partial charge in [-0.25, -0.2) is 9.59 Å². The van der Waals surface area contributed by atoms with Crippen LogP contribution in [0, 0.1) is 0 Å². The number of morpholine rings is 1. The van der Waals surface area contributed by atoms with Crippen LogP contribution in [0.15, 0.2) is 15.9 Å². The van der Waals surface area contributed by atoms with Crippen molar-refractivity contribution in [3.8, 4) is 0 Å². The molecule has 2 rings (SSSR count). The summed E-state index contributed by atoms with van der Waals surface area (Å²) in [6.07, 6.45) is 0. The highest BCUT2D eigenvalue weighted by molar-refractivity contribution is 9.10. The van der Waals surface area contributed by atoms with Gasteiger partial charge in [-0.3, -0.25) is 0 Å². The Balaban J connectivity index is 1.92. The molecule has 2 N–H and O–H groups in total. The van der Waals surface area contributed by atoms with Crippen molar-refractivity contribution < 1.29 is 19.4 Å². The van der Waals surface area contributed by atoms with Crippen molar-refractivity contribution in [2.24, 2.45) is 0 Å². The van der Waals surface area contributed by atoms with Crippen LogP contribution in [0.1, 0.15) is 4.88 Å². The number of amides is 2. The van der Waals surface area contributed by atoms with Crippen molar-refractivity contribution >= 4 is 39.3 Å². The average molecular weight is 349 g/mol. The Bertz CT molecular complexity index is 479. The monoisotopic (exact) mass is 348 g/mol. The van der Waals surface area contributed by atoms with Crippen LogP contribution in [0.2, 0.25) is 0 Å². The highest BCUT2D eigenvalue weighted by Crippen LogP contribution is 2.19. The maximum absolute atomic E-state index is 12.0. The van der Waals surface area contributed by atoms with Crippen LogP contribution in [-0.4, -0.2) is 47.8 Å². The van der Waals surface area contributed by atoms with Crippen molar-refractivity contribution in [1.29, 1.82) is 0 Å². The van der Waals surface area contributed by atoms with E-state index in [2.05, 4.69) is 21.2 Å². The Labute approximate surface area is 122 Å². The van der Waals surface area contributed by atoms with Gasteiger partial charge in [0.2, 0.25) is 0 Å². The van der Waals surface area contributed by atoms with Gasteiger partial charge in [0.1, 0.15) is 0 Å². The lowest BCUT2D eigenvalue weighted by molar-refractivity contribution is -0.147. The Morgan fingerprint density at radius 1 is 1.63 bits per heavy atom. The van der Waals surface area contributed by atoms with Crippen LogP contribution < -0.4 is 5.32 Å². The molecular formula is C11H13BrN2O4S. The van der Waals surface area contributed by atoms with Crippen molar-refractivity contribution in [2.45, 2.75) is 12.6 Å². The number of rotatable bonds is 3. The quantitative estimate of drug-likeness (QED) is 0.867. The minimum absolute atomic E-state index is 0.0350. The molecule has 1 aliphatic heterocycles. The molecular weight excluding hydrogens is 336 g/mol. The van der Waals surface area contributed by atoms with Crippen LogP contribution >= 0.6 is 27.3 Å². The number of aliphatic carboxylic acids is 1. The fourth-order valence-corrected chi connectivity index (χ4v) is 3.15. The molecule has 1 atom stereocenters. The summed E-state index contributed by atoms with van der Waals surface area (Å²) in [5, 5.41) is 13.7. The van der Waals surface area contributed by atoms with E-state index in [1.54, 1.807) is 0 Å². The Hall–Kier alpha value is -1.12. The number of hydrogen-bond donors (Lipinski definition) is 2. The van der Waals surface area contributed by atoms with Crippen molar-refractivity contribution in [2.75, 3.05) is 19.8 Å². The molecule has 0 spiro atoms. The SMILES string of the molecule is O=C(O)C1COCCN1C(=O)NCc1cc(Br)cs1. The predicted molar refractivity (Wildman–Crippen MR) is 73.2 cm³/mol. The van der Waals surface area contributed by atoms with Crippen LogP contribution in [0.5, 0.6) is 0 Å². The Morgan fingerprint density at radius 3 is 3.05 bits per heavy atom. The molecule has 1 saturated heterocycles. The lowest BCUT2D eigenvalue weighted by Gasteiger charge is -2.32. The first-order chi connectivity index (χ1) is 9.08. The van der Waals surface area contributed by atoms with E-state index in [1.807, 2.05) is 11.4 Å². The summed E-state index contributed by atoms with van der Waals surface area (Å²) >= 11 is 4.86. The largest absolute Gasteiger partial charge is 0.480 e. The number of hydrogen-bond acceptors (Lipinski definition) is 4. The standard InChI is InChI=1S/C11H13BrN2O4S/c12-7-3-8(19-6-7)4-13-11(17)14-1-2-18-5-9(14)10(15)16/h3,6,9H,1-2,4-5H2,(H,13,17)(H,15,16). The second kappa shape index (κ2) is 6.36. The fourth-order valence-electron chi connectivity index (χ4n) is 1.76. The third-order valence-electron chi connectivity index (χ3n) is 2.71. The first-order valence-corrected chi connectivity index (χ1v) is 7.33. The predicted octanol–water partition coefficient (Wildman–Crippen LogP) is 1.51.